The van der Waals surface area contributed by atoms with Gasteiger partial charge in [-0.3, -0.25) is 23.9 Å². The minimum absolute atomic E-state index is 0.00479. The van der Waals surface area contributed by atoms with Crippen molar-refractivity contribution < 1.29 is 9.31 Å². The summed E-state index contributed by atoms with van der Waals surface area (Å²) in [6.07, 6.45) is 2.84. The van der Waals surface area contributed by atoms with E-state index in [0.29, 0.717) is 28.4 Å². The summed E-state index contributed by atoms with van der Waals surface area (Å²) in [6, 6.07) is 11.0. The van der Waals surface area contributed by atoms with E-state index in [1.165, 1.54) is 18.2 Å². The number of aromatic nitrogens is 4. The van der Waals surface area contributed by atoms with Crippen LogP contribution in [0.4, 0.5) is 10.1 Å². The van der Waals surface area contributed by atoms with Gasteiger partial charge < -0.3 is 0 Å². The van der Waals surface area contributed by atoms with Gasteiger partial charge in [-0.2, -0.15) is 0 Å². The first kappa shape index (κ1) is 21.0. The van der Waals surface area contributed by atoms with Crippen molar-refractivity contribution in [2.24, 2.45) is 0 Å². The van der Waals surface area contributed by atoms with Crippen molar-refractivity contribution in [3.05, 3.63) is 74.3 Å². The molecule has 0 bridgehead atoms. The lowest BCUT2D eigenvalue weighted by molar-refractivity contribution is -0.385. The van der Waals surface area contributed by atoms with Crippen LogP contribution in [0.3, 0.4) is 0 Å². The van der Waals surface area contributed by atoms with Gasteiger partial charge in [0.05, 0.1) is 21.4 Å². The van der Waals surface area contributed by atoms with Crippen LogP contribution in [0.25, 0.3) is 16.7 Å². The molecule has 0 N–H and O–H groups in total. The smallest absolute Gasteiger partial charge is 0.276 e. The first-order valence-corrected chi connectivity index (χ1v) is 10.9. The van der Waals surface area contributed by atoms with Crippen molar-refractivity contribution in [1.29, 1.82) is 0 Å². The van der Waals surface area contributed by atoms with E-state index in [4.69, 9.17) is 0 Å². The molecule has 0 fully saturated rings. The van der Waals surface area contributed by atoms with Crippen molar-refractivity contribution in [1.82, 2.24) is 19.2 Å². The second-order valence-corrected chi connectivity index (χ2v) is 8.02. The van der Waals surface area contributed by atoms with Crippen LogP contribution in [-0.4, -0.2) is 24.1 Å². The molecule has 0 aliphatic rings. The van der Waals surface area contributed by atoms with Gasteiger partial charge in [0.25, 0.3) is 11.2 Å². The molecule has 0 saturated carbocycles. The molecule has 160 valence electrons. The minimum Gasteiger partial charge on any atom is -0.276 e. The Morgan fingerprint density at radius 1 is 1.13 bits per heavy atom. The number of halogens is 1. The minimum atomic E-state index is -0.642. The average molecular weight is 441 g/mol. The Hall–Kier alpha value is -3.27. The van der Waals surface area contributed by atoms with Gasteiger partial charge in [0, 0.05) is 18.4 Å². The second-order valence-electron chi connectivity index (χ2n) is 7.08. The summed E-state index contributed by atoms with van der Waals surface area (Å²) in [4.78, 5) is 23.7. The number of rotatable bonds is 8. The molecule has 0 unspecified atom stereocenters. The summed E-state index contributed by atoms with van der Waals surface area (Å²) in [5.41, 5.74) is 0.232. The number of benzene rings is 2. The predicted molar refractivity (Wildman–Crippen MR) is 117 cm³/mol. The molecule has 4 aromatic rings. The monoisotopic (exact) mass is 441 g/mol. The lowest BCUT2D eigenvalue weighted by Crippen LogP contribution is -2.23. The van der Waals surface area contributed by atoms with Gasteiger partial charge in [-0.25, -0.2) is 4.39 Å². The lowest BCUT2D eigenvalue weighted by Gasteiger charge is -2.11. The zero-order valence-electron chi connectivity index (χ0n) is 16.8. The van der Waals surface area contributed by atoms with Gasteiger partial charge in [0.2, 0.25) is 5.78 Å². The number of nitro benzene ring substituents is 1. The number of fused-ring (bicyclic) bond motifs is 3. The van der Waals surface area contributed by atoms with E-state index in [1.54, 1.807) is 27.2 Å². The third-order valence-electron chi connectivity index (χ3n) is 5.10. The van der Waals surface area contributed by atoms with E-state index in [1.807, 2.05) is 6.07 Å². The highest BCUT2D eigenvalue weighted by atomic mass is 32.2. The van der Waals surface area contributed by atoms with Gasteiger partial charge in [0.1, 0.15) is 5.82 Å². The number of nitro groups is 1. The molecule has 0 amide bonds. The van der Waals surface area contributed by atoms with E-state index >= 15 is 0 Å². The zero-order chi connectivity index (χ0) is 22.0. The van der Waals surface area contributed by atoms with E-state index in [2.05, 4.69) is 17.1 Å². The molecule has 10 heteroatoms. The maximum Gasteiger partial charge on any atom is 0.276 e. The van der Waals surface area contributed by atoms with E-state index in [-0.39, 0.29) is 22.6 Å². The molecule has 31 heavy (non-hydrogen) atoms. The Morgan fingerprint density at radius 3 is 2.71 bits per heavy atom. The van der Waals surface area contributed by atoms with Gasteiger partial charge in [0.15, 0.2) is 5.16 Å². The topological polar surface area (TPSA) is 95.3 Å². The van der Waals surface area contributed by atoms with Crippen LogP contribution < -0.4 is 5.56 Å². The van der Waals surface area contributed by atoms with Crippen molar-refractivity contribution in [2.75, 3.05) is 0 Å². The fraction of sp³-hybridized carbons (Fsp3) is 0.286. The molecule has 2 aromatic carbocycles. The highest BCUT2D eigenvalue weighted by Gasteiger charge is 2.21. The van der Waals surface area contributed by atoms with Gasteiger partial charge in [-0.15, -0.1) is 10.2 Å². The van der Waals surface area contributed by atoms with Crippen molar-refractivity contribution in [3.63, 3.8) is 0 Å². The summed E-state index contributed by atoms with van der Waals surface area (Å²) in [5.74, 6) is -0.227. The molecular weight excluding hydrogens is 421 g/mol. The summed E-state index contributed by atoms with van der Waals surface area (Å²) in [7, 11) is 0. The SMILES string of the molecule is CCCCCn1c(=O)c2ccccc2n2c(SCc3c(F)cccc3[N+](=O)[O-])nnc12. The fourth-order valence-electron chi connectivity index (χ4n) is 3.55. The lowest BCUT2D eigenvalue weighted by atomic mass is 10.2. The van der Waals surface area contributed by atoms with Gasteiger partial charge in [-0.1, -0.05) is 49.7 Å². The first-order chi connectivity index (χ1) is 15.0. The molecule has 2 aromatic heterocycles. The Labute approximate surface area is 180 Å². The van der Waals surface area contributed by atoms with Gasteiger partial charge in [-0.05, 0) is 24.6 Å². The van der Waals surface area contributed by atoms with Crippen LogP contribution in [0.15, 0.2) is 52.4 Å². The molecular formula is C21H20FN5O3S. The number of hydrogen-bond acceptors (Lipinski definition) is 6. The Bertz CT molecular complexity index is 1330. The molecule has 4 rings (SSSR count). The van der Waals surface area contributed by atoms with Crippen LogP contribution >= 0.6 is 11.8 Å². The number of unbranched alkanes of at least 4 members (excludes halogenated alkanes) is 2. The third-order valence-corrected chi connectivity index (χ3v) is 6.06. The van der Waals surface area contributed by atoms with Crippen LogP contribution in [0.2, 0.25) is 0 Å². The van der Waals surface area contributed by atoms with E-state index in [0.717, 1.165) is 31.0 Å². The second kappa shape index (κ2) is 8.84. The number of thioether (sulfide) groups is 1. The van der Waals surface area contributed by atoms with Crippen molar-refractivity contribution in [3.8, 4) is 0 Å². The third kappa shape index (κ3) is 3.90. The van der Waals surface area contributed by atoms with E-state index in [9.17, 15) is 19.3 Å². The Balaban J connectivity index is 1.80. The summed E-state index contributed by atoms with van der Waals surface area (Å²) >= 11 is 1.14. The molecule has 0 atom stereocenters. The standard InChI is InChI=1S/C21H20FN5O3S/c1-2-3-6-12-25-19(28)14-8-4-5-10-17(14)26-20(25)23-24-21(26)31-13-15-16(22)9-7-11-18(15)27(29)30/h4-5,7-11H,2-3,6,12-13H2,1H3. The fourth-order valence-corrected chi connectivity index (χ4v) is 4.51. The number of nitrogens with zero attached hydrogens (tertiary/aromatic N) is 5. The molecule has 0 aliphatic carbocycles. The summed E-state index contributed by atoms with van der Waals surface area (Å²) in [5, 5.41) is 20.7. The molecule has 0 saturated heterocycles. The number of para-hydroxylation sites is 1. The number of aryl methyl sites for hydroxylation is 1. The molecule has 8 nitrogen and oxygen atoms in total. The normalized spacial score (nSPS) is 11.4. The van der Waals surface area contributed by atoms with Gasteiger partial charge >= 0.3 is 0 Å². The highest BCUT2D eigenvalue weighted by molar-refractivity contribution is 7.98. The molecule has 0 spiro atoms. The molecule has 2 heterocycles. The first-order valence-electron chi connectivity index (χ1n) is 9.94. The molecule has 0 radical (unpaired) electrons. The molecule has 0 aliphatic heterocycles. The van der Waals surface area contributed by atoms with Crippen LogP contribution in [0.1, 0.15) is 31.7 Å². The maximum atomic E-state index is 14.3. The quantitative estimate of drug-likeness (QED) is 0.172. The van der Waals surface area contributed by atoms with Crippen LogP contribution in [-0.2, 0) is 12.3 Å². The number of hydrogen-bond donors (Lipinski definition) is 0. The van der Waals surface area contributed by atoms with Crippen LogP contribution in [0.5, 0.6) is 0 Å². The van der Waals surface area contributed by atoms with Crippen molar-refractivity contribution >= 4 is 34.1 Å². The average Bonchev–Trinajstić information content (AvgIpc) is 3.19. The van der Waals surface area contributed by atoms with Crippen molar-refractivity contribution in [2.45, 2.75) is 43.6 Å². The van der Waals surface area contributed by atoms with E-state index < -0.39 is 10.7 Å². The predicted octanol–water partition coefficient (Wildman–Crippen LogP) is 4.57. The largest absolute Gasteiger partial charge is 0.276 e. The zero-order valence-corrected chi connectivity index (χ0v) is 17.6. The summed E-state index contributed by atoms with van der Waals surface area (Å²) < 4.78 is 17.7. The Morgan fingerprint density at radius 2 is 1.94 bits per heavy atom. The van der Waals surface area contributed by atoms with Crippen LogP contribution in [0, 0.1) is 15.9 Å². The maximum absolute atomic E-state index is 14.3. The summed E-state index contributed by atoms with van der Waals surface area (Å²) in [6.45, 7) is 2.61. The Kier molecular flexibility index (Phi) is 5.99. The highest BCUT2D eigenvalue weighted by Crippen LogP contribution is 2.30.